The van der Waals surface area contributed by atoms with E-state index in [4.69, 9.17) is 9.72 Å². The van der Waals surface area contributed by atoms with Crippen LogP contribution in [0.4, 0.5) is 5.69 Å². The van der Waals surface area contributed by atoms with Crippen molar-refractivity contribution in [3.63, 3.8) is 0 Å². The lowest BCUT2D eigenvalue weighted by Gasteiger charge is -2.30. The summed E-state index contributed by atoms with van der Waals surface area (Å²) in [7, 11) is 0. The average molecular weight is 550 g/mol. The minimum atomic E-state index is -0.231. The van der Waals surface area contributed by atoms with Crippen molar-refractivity contribution < 1.29 is 9.53 Å². The highest BCUT2D eigenvalue weighted by atomic mass is 32.2. The number of hydrogen-bond acceptors (Lipinski definition) is 8. The first-order valence-corrected chi connectivity index (χ1v) is 15.1. The van der Waals surface area contributed by atoms with Crippen molar-refractivity contribution >= 4 is 73.1 Å². The molecule has 2 aromatic carbocycles. The van der Waals surface area contributed by atoms with Crippen molar-refractivity contribution in [3.05, 3.63) is 52.9 Å². The van der Waals surface area contributed by atoms with E-state index in [-0.39, 0.29) is 17.3 Å². The normalized spacial score (nSPS) is 14.9. The quantitative estimate of drug-likeness (QED) is 0.181. The number of aromatic nitrogens is 4. The lowest BCUT2D eigenvalue weighted by Crippen LogP contribution is -2.31. The van der Waals surface area contributed by atoms with Gasteiger partial charge in [0.25, 0.3) is 0 Å². The molecule has 4 heterocycles. The number of nitrogens with zero attached hydrogens (tertiary/aromatic N) is 4. The number of ether oxygens (including phenoxy) is 1. The first-order chi connectivity index (χ1) is 17.9. The van der Waals surface area contributed by atoms with Crippen LogP contribution >= 0.6 is 34.9 Å². The van der Waals surface area contributed by atoms with Crippen LogP contribution in [0, 0.1) is 0 Å². The molecular formula is C27H27N5O2S3. The lowest BCUT2D eigenvalue weighted by atomic mass is 9.94. The maximum atomic E-state index is 13.0. The van der Waals surface area contributed by atoms with Gasteiger partial charge < -0.3 is 10.1 Å². The van der Waals surface area contributed by atoms with Crippen molar-refractivity contribution in [2.45, 2.75) is 56.1 Å². The highest BCUT2D eigenvalue weighted by Gasteiger charge is 2.31. The van der Waals surface area contributed by atoms with Crippen molar-refractivity contribution in [3.8, 4) is 0 Å². The third-order valence-electron chi connectivity index (χ3n) is 6.35. The van der Waals surface area contributed by atoms with Crippen LogP contribution in [0.25, 0.3) is 26.6 Å². The van der Waals surface area contributed by atoms with Crippen LogP contribution in [-0.2, 0) is 22.6 Å². The molecule has 3 aromatic heterocycles. The molecule has 1 N–H and O–H groups in total. The molecule has 0 aliphatic carbocycles. The zero-order valence-electron chi connectivity index (χ0n) is 20.9. The van der Waals surface area contributed by atoms with Crippen molar-refractivity contribution in [1.29, 1.82) is 0 Å². The van der Waals surface area contributed by atoms with Gasteiger partial charge in [-0.05, 0) is 37.3 Å². The molecule has 0 atom stereocenters. The number of hydrogen-bond donors (Lipinski definition) is 1. The molecule has 1 aliphatic heterocycles. The molecular weight excluding hydrogens is 523 g/mol. The van der Waals surface area contributed by atoms with Crippen LogP contribution in [0.5, 0.6) is 0 Å². The van der Waals surface area contributed by atoms with E-state index in [9.17, 15) is 4.79 Å². The summed E-state index contributed by atoms with van der Waals surface area (Å²) in [6.45, 7) is 6.99. The van der Waals surface area contributed by atoms with Gasteiger partial charge in [0.1, 0.15) is 4.83 Å². The Morgan fingerprint density at radius 3 is 2.84 bits per heavy atom. The van der Waals surface area contributed by atoms with Gasteiger partial charge in [0, 0.05) is 28.1 Å². The fourth-order valence-corrected chi connectivity index (χ4v) is 7.41. The zero-order valence-corrected chi connectivity index (χ0v) is 23.4. The molecule has 0 saturated heterocycles. The molecule has 1 amide bonds. The van der Waals surface area contributed by atoms with Gasteiger partial charge in [-0.25, -0.2) is 9.38 Å². The summed E-state index contributed by atoms with van der Waals surface area (Å²) in [4.78, 5) is 20.2. The second-order valence-corrected chi connectivity index (χ2v) is 12.7. The predicted molar refractivity (Wildman–Crippen MR) is 153 cm³/mol. The first kappa shape index (κ1) is 24.7. The molecule has 1 aliphatic rings. The highest BCUT2D eigenvalue weighted by molar-refractivity contribution is 8.00. The van der Waals surface area contributed by atoms with Gasteiger partial charge in [-0.3, -0.25) is 4.79 Å². The van der Waals surface area contributed by atoms with Crippen LogP contribution < -0.4 is 5.32 Å². The van der Waals surface area contributed by atoms with E-state index >= 15 is 0 Å². The molecule has 0 saturated carbocycles. The van der Waals surface area contributed by atoms with Crippen LogP contribution in [0.15, 0.2) is 52.8 Å². The van der Waals surface area contributed by atoms with Gasteiger partial charge in [0.15, 0.2) is 16.0 Å². The van der Waals surface area contributed by atoms with Gasteiger partial charge in [-0.2, -0.15) is 0 Å². The minimum Gasteiger partial charge on any atom is -0.370 e. The summed E-state index contributed by atoms with van der Waals surface area (Å²) in [5, 5.41) is 16.9. The molecule has 10 heteroatoms. The van der Waals surface area contributed by atoms with E-state index in [1.54, 1.807) is 23.1 Å². The number of benzene rings is 2. The zero-order chi connectivity index (χ0) is 25.6. The Balaban J connectivity index is 1.33. The summed E-state index contributed by atoms with van der Waals surface area (Å²) in [5.41, 5.74) is 2.66. The minimum absolute atomic E-state index is 0.0817. The molecule has 6 rings (SSSR count). The van der Waals surface area contributed by atoms with Crippen molar-refractivity contribution in [2.24, 2.45) is 0 Å². The second-order valence-electron chi connectivity index (χ2n) is 9.66. The van der Waals surface area contributed by atoms with E-state index in [2.05, 4.69) is 36.3 Å². The van der Waals surface area contributed by atoms with E-state index in [1.165, 1.54) is 22.2 Å². The third kappa shape index (κ3) is 4.71. The largest absolute Gasteiger partial charge is 0.370 e. The Kier molecular flexibility index (Phi) is 6.60. The summed E-state index contributed by atoms with van der Waals surface area (Å²) in [6.07, 6.45) is 1.84. The Labute approximate surface area is 227 Å². The topological polar surface area (TPSA) is 81.4 Å². The smallest absolute Gasteiger partial charge is 0.234 e. The Morgan fingerprint density at radius 1 is 1.14 bits per heavy atom. The Bertz CT molecular complexity index is 1640. The van der Waals surface area contributed by atoms with E-state index in [1.807, 2.05) is 46.9 Å². The van der Waals surface area contributed by atoms with E-state index < -0.39 is 0 Å². The maximum Gasteiger partial charge on any atom is 0.234 e. The molecule has 5 aromatic rings. The second kappa shape index (κ2) is 9.90. The number of carbonyl (C=O) groups is 1. The molecule has 0 unspecified atom stereocenters. The predicted octanol–water partition coefficient (Wildman–Crippen LogP) is 6.58. The molecule has 7 nitrogen and oxygen atoms in total. The fourth-order valence-electron chi connectivity index (χ4n) is 4.62. The van der Waals surface area contributed by atoms with Gasteiger partial charge in [-0.1, -0.05) is 66.8 Å². The Morgan fingerprint density at radius 2 is 1.97 bits per heavy atom. The van der Waals surface area contributed by atoms with E-state index in [0.717, 1.165) is 56.1 Å². The lowest BCUT2D eigenvalue weighted by molar-refractivity contribution is -0.113. The number of nitrogens with one attached hydrogen (secondary N) is 1. The number of fused-ring (bicyclic) bond motifs is 6. The first-order valence-electron chi connectivity index (χ1n) is 12.3. The fraction of sp³-hybridized carbons (Fsp3) is 0.333. The molecule has 0 radical (unpaired) electrons. The van der Waals surface area contributed by atoms with Gasteiger partial charge in [0.2, 0.25) is 5.91 Å². The molecule has 0 fully saturated rings. The van der Waals surface area contributed by atoms with Crippen LogP contribution in [0.1, 0.15) is 37.6 Å². The number of thioether (sulfide) groups is 2. The van der Waals surface area contributed by atoms with E-state index in [0.29, 0.717) is 11.8 Å². The van der Waals surface area contributed by atoms with Gasteiger partial charge >= 0.3 is 0 Å². The average Bonchev–Trinajstić information content (AvgIpc) is 3.46. The number of rotatable bonds is 7. The number of anilines is 1. The molecule has 190 valence electrons. The number of amides is 1. The SMILES string of the molecule is CCCSc1nc2sc3c(c2c2nnc(SCC(=O)Nc4cccc5ccccc45)n12)CC(C)(C)OC3. The Hall–Kier alpha value is -2.66. The van der Waals surface area contributed by atoms with Crippen molar-refractivity contribution in [1.82, 2.24) is 19.6 Å². The van der Waals surface area contributed by atoms with Gasteiger partial charge in [0.05, 0.1) is 23.3 Å². The summed E-state index contributed by atoms with van der Waals surface area (Å²) in [5.74, 6) is 1.09. The molecule has 37 heavy (non-hydrogen) atoms. The monoisotopic (exact) mass is 549 g/mol. The van der Waals surface area contributed by atoms with Crippen LogP contribution in [0.3, 0.4) is 0 Å². The summed E-state index contributed by atoms with van der Waals surface area (Å²) >= 11 is 4.78. The highest BCUT2D eigenvalue weighted by Crippen LogP contribution is 2.41. The number of thiophene rings is 1. The standard InChI is InChI=1S/C27H27N5O2S3/c1-4-12-35-25-29-24-22(18-13-27(2,3)34-14-20(18)37-24)23-30-31-26(32(23)25)36-15-21(33)28-19-11-7-9-16-8-5-6-10-17(16)19/h5-11H,4,12-15H2,1-3H3,(H,28,33). The number of carbonyl (C=O) groups excluding carboxylic acids is 1. The molecule has 0 spiro atoms. The van der Waals surface area contributed by atoms with Crippen molar-refractivity contribution in [2.75, 3.05) is 16.8 Å². The summed E-state index contributed by atoms with van der Waals surface area (Å²) < 4.78 is 8.10. The maximum absolute atomic E-state index is 13.0. The molecule has 0 bridgehead atoms. The van der Waals surface area contributed by atoms with Crippen LogP contribution in [0.2, 0.25) is 0 Å². The van der Waals surface area contributed by atoms with Crippen LogP contribution in [-0.4, -0.2) is 42.6 Å². The third-order valence-corrected chi connectivity index (χ3v) is 9.52. The van der Waals surface area contributed by atoms with Gasteiger partial charge in [-0.15, -0.1) is 21.5 Å². The summed E-state index contributed by atoms with van der Waals surface area (Å²) in [6, 6.07) is 14.0.